The second-order valence-corrected chi connectivity index (χ2v) is 7.34. The Kier molecular flexibility index (Phi) is 6.77. The molecule has 0 aliphatic heterocycles. The highest BCUT2D eigenvalue weighted by molar-refractivity contribution is 9.10. The maximum atomic E-state index is 5.31. The molecule has 0 heterocycles. The zero-order valence-electron chi connectivity index (χ0n) is 16.4. The minimum absolute atomic E-state index is 0.784. The van der Waals surface area contributed by atoms with E-state index >= 15 is 0 Å². The van der Waals surface area contributed by atoms with Crippen LogP contribution in [0.4, 0.5) is 0 Å². The van der Waals surface area contributed by atoms with E-state index in [4.69, 9.17) is 9.47 Å². The summed E-state index contributed by atoms with van der Waals surface area (Å²) >= 11 is 3.65. The summed E-state index contributed by atoms with van der Waals surface area (Å²) in [4.78, 5) is 2.25. The van der Waals surface area contributed by atoms with Gasteiger partial charge in [-0.2, -0.15) is 0 Å². The highest BCUT2D eigenvalue weighted by Crippen LogP contribution is 2.28. The largest absolute Gasteiger partial charge is 0.497 e. The van der Waals surface area contributed by atoms with Crippen LogP contribution >= 0.6 is 15.9 Å². The van der Waals surface area contributed by atoms with Crippen LogP contribution in [0.25, 0.3) is 11.8 Å². The van der Waals surface area contributed by atoms with Gasteiger partial charge < -0.3 is 14.4 Å². The van der Waals surface area contributed by atoms with Crippen LogP contribution in [0.1, 0.15) is 16.7 Å². The van der Waals surface area contributed by atoms with Gasteiger partial charge in [0, 0.05) is 23.8 Å². The van der Waals surface area contributed by atoms with Gasteiger partial charge in [-0.15, -0.1) is 0 Å². The lowest BCUT2D eigenvalue weighted by Crippen LogP contribution is -2.16. The molecular weight excluding hydrogens is 414 g/mol. The SMILES string of the molecule is COc1ccc(CN(C)/C(=C/c2ccccc2Br)c2ccc(OC)cc2)cc1. The number of methoxy groups -OCH3 is 2. The topological polar surface area (TPSA) is 21.7 Å². The highest BCUT2D eigenvalue weighted by atomic mass is 79.9. The molecule has 3 aromatic rings. The van der Waals surface area contributed by atoms with Gasteiger partial charge in [0.1, 0.15) is 11.5 Å². The minimum atomic E-state index is 0.784. The van der Waals surface area contributed by atoms with E-state index in [1.54, 1.807) is 14.2 Å². The van der Waals surface area contributed by atoms with Gasteiger partial charge in [-0.1, -0.05) is 46.3 Å². The maximum absolute atomic E-state index is 5.31. The van der Waals surface area contributed by atoms with Crippen molar-refractivity contribution in [3.05, 3.63) is 94.0 Å². The van der Waals surface area contributed by atoms with Gasteiger partial charge in [0.25, 0.3) is 0 Å². The summed E-state index contributed by atoms with van der Waals surface area (Å²) in [5, 5.41) is 0. The van der Waals surface area contributed by atoms with Crippen molar-refractivity contribution in [2.24, 2.45) is 0 Å². The zero-order valence-corrected chi connectivity index (χ0v) is 17.9. The quantitative estimate of drug-likeness (QED) is 0.417. The normalized spacial score (nSPS) is 11.2. The molecule has 0 aliphatic rings. The minimum Gasteiger partial charge on any atom is -0.497 e. The van der Waals surface area contributed by atoms with Gasteiger partial charge in [0.05, 0.1) is 14.2 Å². The summed E-state index contributed by atoms with van der Waals surface area (Å²) in [5.74, 6) is 1.72. The van der Waals surface area contributed by atoms with Gasteiger partial charge >= 0.3 is 0 Å². The number of nitrogens with zero attached hydrogens (tertiary/aromatic N) is 1. The van der Waals surface area contributed by atoms with Crippen LogP contribution in [0, 0.1) is 0 Å². The third kappa shape index (κ3) is 4.96. The molecule has 0 spiro atoms. The van der Waals surface area contributed by atoms with Crippen molar-refractivity contribution < 1.29 is 9.47 Å². The third-order valence-corrected chi connectivity index (χ3v) is 5.30. The molecule has 3 nitrogen and oxygen atoms in total. The predicted octanol–water partition coefficient (Wildman–Crippen LogP) is 6.10. The monoisotopic (exact) mass is 437 g/mol. The Morgan fingerprint density at radius 2 is 1.43 bits per heavy atom. The van der Waals surface area contributed by atoms with E-state index in [1.165, 1.54) is 5.56 Å². The van der Waals surface area contributed by atoms with Crippen LogP contribution in [-0.4, -0.2) is 26.2 Å². The molecule has 3 aromatic carbocycles. The van der Waals surface area contributed by atoms with Crippen molar-refractivity contribution in [3.63, 3.8) is 0 Å². The first kappa shape index (κ1) is 20.0. The second-order valence-electron chi connectivity index (χ2n) is 6.48. The van der Waals surface area contributed by atoms with E-state index in [9.17, 15) is 0 Å². The molecule has 28 heavy (non-hydrogen) atoms. The Morgan fingerprint density at radius 3 is 2.00 bits per heavy atom. The van der Waals surface area contributed by atoms with Crippen LogP contribution in [0.15, 0.2) is 77.3 Å². The fraction of sp³-hybridized carbons (Fsp3) is 0.167. The Labute approximate surface area is 175 Å². The van der Waals surface area contributed by atoms with E-state index in [-0.39, 0.29) is 0 Å². The van der Waals surface area contributed by atoms with Crippen LogP contribution in [0.5, 0.6) is 11.5 Å². The maximum Gasteiger partial charge on any atom is 0.118 e. The molecule has 3 rings (SSSR count). The Balaban J connectivity index is 1.95. The molecular formula is C24H24BrNO2. The number of ether oxygens (including phenoxy) is 2. The van der Waals surface area contributed by atoms with E-state index in [0.29, 0.717) is 0 Å². The van der Waals surface area contributed by atoms with Gasteiger partial charge in [-0.05, 0) is 65.2 Å². The number of hydrogen-bond acceptors (Lipinski definition) is 3. The number of hydrogen-bond donors (Lipinski definition) is 0. The van der Waals surface area contributed by atoms with Crippen LogP contribution in [0.3, 0.4) is 0 Å². The molecule has 0 aromatic heterocycles. The Bertz CT molecular complexity index is 934. The van der Waals surface area contributed by atoms with Crippen molar-refractivity contribution in [3.8, 4) is 11.5 Å². The molecule has 0 N–H and O–H groups in total. The van der Waals surface area contributed by atoms with Crippen molar-refractivity contribution in [1.82, 2.24) is 4.90 Å². The fourth-order valence-corrected chi connectivity index (χ4v) is 3.40. The third-order valence-electron chi connectivity index (χ3n) is 4.57. The van der Waals surface area contributed by atoms with Gasteiger partial charge in [0.15, 0.2) is 0 Å². The van der Waals surface area contributed by atoms with Crippen molar-refractivity contribution in [1.29, 1.82) is 0 Å². The fourth-order valence-electron chi connectivity index (χ4n) is 3.01. The zero-order chi connectivity index (χ0) is 19.9. The van der Waals surface area contributed by atoms with Crippen LogP contribution < -0.4 is 9.47 Å². The number of benzene rings is 3. The first-order valence-corrected chi connectivity index (χ1v) is 9.84. The number of rotatable bonds is 7. The molecule has 0 unspecified atom stereocenters. The van der Waals surface area contributed by atoms with E-state index in [0.717, 1.165) is 39.3 Å². The van der Waals surface area contributed by atoms with E-state index in [2.05, 4.69) is 70.4 Å². The molecule has 4 heteroatoms. The second kappa shape index (κ2) is 9.47. The average molecular weight is 438 g/mol. The molecule has 144 valence electrons. The van der Waals surface area contributed by atoms with E-state index in [1.807, 2.05) is 36.4 Å². The lowest BCUT2D eigenvalue weighted by Gasteiger charge is -2.24. The molecule has 0 saturated heterocycles. The first-order chi connectivity index (χ1) is 13.6. The summed E-state index contributed by atoms with van der Waals surface area (Å²) in [6.07, 6.45) is 2.20. The molecule has 0 aliphatic carbocycles. The smallest absolute Gasteiger partial charge is 0.118 e. The lowest BCUT2D eigenvalue weighted by atomic mass is 10.1. The Morgan fingerprint density at radius 1 is 0.857 bits per heavy atom. The molecule has 0 radical (unpaired) electrons. The molecule has 0 fully saturated rings. The molecule has 0 saturated carbocycles. The van der Waals surface area contributed by atoms with Crippen molar-refractivity contribution >= 4 is 27.7 Å². The Hall–Kier alpha value is -2.72. The summed E-state index contributed by atoms with van der Waals surface area (Å²) in [6.45, 7) is 0.784. The summed E-state index contributed by atoms with van der Waals surface area (Å²) in [6, 6.07) is 24.6. The van der Waals surface area contributed by atoms with E-state index < -0.39 is 0 Å². The van der Waals surface area contributed by atoms with Crippen molar-refractivity contribution in [2.75, 3.05) is 21.3 Å². The number of halogens is 1. The van der Waals surface area contributed by atoms with Gasteiger partial charge in [-0.3, -0.25) is 0 Å². The summed E-state index contributed by atoms with van der Waals surface area (Å²) in [7, 11) is 5.48. The molecule has 0 bridgehead atoms. The molecule has 0 amide bonds. The highest BCUT2D eigenvalue weighted by Gasteiger charge is 2.10. The lowest BCUT2D eigenvalue weighted by molar-refractivity contribution is 0.414. The summed E-state index contributed by atoms with van der Waals surface area (Å²) < 4.78 is 11.6. The summed E-state index contributed by atoms with van der Waals surface area (Å²) in [5.41, 5.74) is 4.61. The van der Waals surface area contributed by atoms with Gasteiger partial charge in [-0.25, -0.2) is 0 Å². The van der Waals surface area contributed by atoms with Gasteiger partial charge in [0.2, 0.25) is 0 Å². The standard InChI is InChI=1S/C24H24BrNO2/c1-26(17-18-8-12-21(27-2)13-9-18)24(16-20-6-4-5-7-23(20)25)19-10-14-22(28-3)15-11-19/h4-16H,17H2,1-3H3/b24-16+. The van der Waals surface area contributed by atoms with Crippen LogP contribution in [0.2, 0.25) is 0 Å². The van der Waals surface area contributed by atoms with Crippen molar-refractivity contribution in [2.45, 2.75) is 6.54 Å². The van der Waals surface area contributed by atoms with Crippen LogP contribution in [-0.2, 0) is 6.54 Å². The first-order valence-electron chi connectivity index (χ1n) is 9.05. The molecule has 0 atom stereocenters. The average Bonchev–Trinajstić information content (AvgIpc) is 2.74. The predicted molar refractivity (Wildman–Crippen MR) is 119 cm³/mol.